The average Bonchev–Trinajstić information content (AvgIpc) is 2.73. The van der Waals surface area contributed by atoms with Gasteiger partial charge in [-0.1, -0.05) is 49.9 Å². The Balaban J connectivity index is 1.99. The van der Waals surface area contributed by atoms with E-state index in [2.05, 4.69) is 28.2 Å². The van der Waals surface area contributed by atoms with Crippen LogP contribution in [0.5, 0.6) is 0 Å². The van der Waals surface area contributed by atoms with Crippen molar-refractivity contribution in [2.75, 3.05) is 0 Å². The van der Waals surface area contributed by atoms with E-state index >= 15 is 0 Å². The zero-order chi connectivity index (χ0) is 14.3. The molecule has 0 amide bonds. The molecule has 3 nitrogen and oxygen atoms in total. The van der Waals surface area contributed by atoms with Gasteiger partial charge in [-0.05, 0) is 24.8 Å². The molecule has 1 fully saturated rings. The summed E-state index contributed by atoms with van der Waals surface area (Å²) >= 11 is 0. The zero-order valence-electron chi connectivity index (χ0n) is 12.2. The number of nitrogens with one attached hydrogen (secondary N) is 1. The maximum atomic E-state index is 12.6. The van der Waals surface area contributed by atoms with Crippen LogP contribution in [-0.2, 0) is 11.8 Å². The first-order valence-corrected chi connectivity index (χ1v) is 7.97. The number of benzene rings is 1. The van der Waals surface area contributed by atoms with Gasteiger partial charge >= 0.3 is 0 Å². The highest BCUT2D eigenvalue weighted by molar-refractivity contribution is 5.71. The number of aromatic amines is 1. The lowest BCUT2D eigenvalue weighted by Gasteiger charge is -2.38. The van der Waals surface area contributed by atoms with Crippen molar-refractivity contribution in [3.05, 3.63) is 52.1 Å². The average molecular weight is 280 g/mol. The van der Waals surface area contributed by atoms with Crippen LogP contribution in [0.3, 0.4) is 0 Å². The molecule has 2 aliphatic rings. The van der Waals surface area contributed by atoms with Crippen LogP contribution in [0.2, 0.25) is 0 Å². The van der Waals surface area contributed by atoms with Crippen LogP contribution in [0, 0.1) is 0 Å². The molecule has 0 bridgehead atoms. The van der Waals surface area contributed by atoms with Gasteiger partial charge in [0.2, 0.25) is 0 Å². The van der Waals surface area contributed by atoms with Gasteiger partial charge in [0.25, 0.3) is 5.56 Å². The molecule has 21 heavy (non-hydrogen) atoms. The van der Waals surface area contributed by atoms with Crippen molar-refractivity contribution < 1.29 is 0 Å². The van der Waals surface area contributed by atoms with Crippen molar-refractivity contribution in [3.63, 3.8) is 0 Å². The van der Waals surface area contributed by atoms with Gasteiger partial charge in [-0.2, -0.15) is 0 Å². The summed E-state index contributed by atoms with van der Waals surface area (Å²) in [6, 6.07) is 8.44. The van der Waals surface area contributed by atoms with Gasteiger partial charge in [0.1, 0.15) is 0 Å². The fraction of sp³-hybridized carbons (Fsp3) is 0.444. The number of hydrogen-bond donors (Lipinski definition) is 1. The summed E-state index contributed by atoms with van der Waals surface area (Å²) in [5, 5.41) is 0. The fourth-order valence-corrected chi connectivity index (χ4v) is 4.29. The van der Waals surface area contributed by atoms with Crippen molar-refractivity contribution in [1.82, 2.24) is 9.97 Å². The zero-order valence-corrected chi connectivity index (χ0v) is 12.2. The van der Waals surface area contributed by atoms with E-state index in [0.717, 1.165) is 36.1 Å². The normalized spacial score (nSPS) is 19.6. The highest BCUT2D eigenvalue weighted by Crippen LogP contribution is 2.47. The van der Waals surface area contributed by atoms with Crippen LogP contribution in [0.25, 0.3) is 11.3 Å². The summed E-state index contributed by atoms with van der Waals surface area (Å²) in [4.78, 5) is 19.9. The highest BCUT2D eigenvalue weighted by Gasteiger charge is 2.41. The molecule has 1 spiro atoms. The fourth-order valence-electron chi connectivity index (χ4n) is 4.29. The van der Waals surface area contributed by atoms with E-state index in [-0.39, 0.29) is 11.0 Å². The number of rotatable bonds is 0. The summed E-state index contributed by atoms with van der Waals surface area (Å²) in [5.41, 5.74) is 4.44. The first-order valence-electron chi connectivity index (χ1n) is 7.97. The predicted molar refractivity (Wildman–Crippen MR) is 83.4 cm³/mol. The molecule has 3 heteroatoms. The third kappa shape index (κ3) is 1.95. The summed E-state index contributed by atoms with van der Waals surface area (Å²) in [6.07, 6.45) is 9.78. The molecule has 0 atom stereocenters. The van der Waals surface area contributed by atoms with Crippen molar-refractivity contribution in [2.24, 2.45) is 0 Å². The largest absolute Gasteiger partial charge is 0.313 e. The van der Waals surface area contributed by atoms with E-state index in [9.17, 15) is 4.79 Å². The first-order chi connectivity index (χ1) is 10.3. The highest BCUT2D eigenvalue weighted by atomic mass is 16.1. The SMILES string of the molecule is O=c1[nH]cnc2c1C1(CCCCCC1)Cc1ccccc1-2. The van der Waals surface area contributed by atoms with Gasteiger partial charge in [0, 0.05) is 11.0 Å². The third-order valence-corrected chi connectivity index (χ3v) is 5.25. The Hall–Kier alpha value is -1.90. The summed E-state index contributed by atoms with van der Waals surface area (Å²) in [7, 11) is 0. The minimum atomic E-state index is 0.00201. The lowest BCUT2D eigenvalue weighted by atomic mass is 9.65. The Morgan fingerprint density at radius 3 is 2.62 bits per heavy atom. The number of H-pyrrole nitrogens is 1. The maximum absolute atomic E-state index is 12.6. The number of hydrogen-bond acceptors (Lipinski definition) is 2. The standard InChI is InChI=1S/C18H20N2O/c21-17-15-16(19-12-20-17)14-8-4-3-7-13(14)11-18(15)9-5-1-2-6-10-18/h3-4,7-8,12H,1-2,5-6,9-11H2,(H,19,20,21). The van der Waals surface area contributed by atoms with Gasteiger partial charge < -0.3 is 4.98 Å². The number of fused-ring (bicyclic) bond motifs is 4. The van der Waals surface area contributed by atoms with Crippen molar-refractivity contribution >= 4 is 0 Å². The molecule has 0 unspecified atom stereocenters. The van der Waals surface area contributed by atoms with Gasteiger partial charge in [-0.15, -0.1) is 0 Å². The van der Waals surface area contributed by atoms with Crippen LogP contribution in [0.4, 0.5) is 0 Å². The molecule has 0 aliphatic heterocycles. The maximum Gasteiger partial charge on any atom is 0.255 e. The van der Waals surface area contributed by atoms with Crippen molar-refractivity contribution in [2.45, 2.75) is 50.4 Å². The molecular weight excluding hydrogens is 260 g/mol. The first kappa shape index (κ1) is 12.8. The molecular formula is C18H20N2O. The Morgan fingerprint density at radius 1 is 1.05 bits per heavy atom. The van der Waals surface area contributed by atoms with Crippen LogP contribution in [-0.4, -0.2) is 9.97 Å². The minimum absolute atomic E-state index is 0.00201. The topological polar surface area (TPSA) is 45.8 Å². The van der Waals surface area contributed by atoms with Crippen LogP contribution >= 0.6 is 0 Å². The molecule has 0 saturated heterocycles. The second kappa shape index (κ2) is 4.83. The smallest absolute Gasteiger partial charge is 0.255 e. The summed E-state index contributed by atoms with van der Waals surface area (Å²) < 4.78 is 0. The Morgan fingerprint density at radius 2 is 1.81 bits per heavy atom. The second-order valence-electron chi connectivity index (χ2n) is 6.48. The summed E-state index contributed by atoms with van der Waals surface area (Å²) in [5.74, 6) is 0. The number of nitrogens with zero attached hydrogens (tertiary/aromatic N) is 1. The van der Waals surface area contributed by atoms with E-state index in [4.69, 9.17) is 0 Å². The molecule has 2 aromatic rings. The molecule has 1 heterocycles. The lowest BCUT2D eigenvalue weighted by Crippen LogP contribution is -2.38. The minimum Gasteiger partial charge on any atom is -0.313 e. The summed E-state index contributed by atoms with van der Waals surface area (Å²) in [6.45, 7) is 0. The molecule has 108 valence electrons. The van der Waals surface area contributed by atoms with E-state index in [1.165, 1.54) is 31.2 Å². The molecule has 1 aromatic carbocycles. The molecule has 2 aliphatic carbocycles. The molecule has 1 aromatic heterocycles. The van der Waals surface area contributed by atoms with Gasteiger partial charge in [-0.3, -0.25) is 4.79 Å². The van der Waals surface area contributed by atoms with Gasteiger partial charge in [0.05, 0.1) is 17.6 Å². The molecule has 0 radical (unpaired) electrons. The monoisotopic (exact) mass is 280 g/mol. The quantitative estimate of drug-likeness (QED) is 0.801. The van der Waals surface area contributed by atoms with Crippen molar-refractivity contribution in [3.8, 4) is 11.3 Å². The Bertz CT molecular complexity index is 724. The number of aromatic nitrogens is 2. The molecule has 4 rings (SSSR count). The third-order valence-electron chi connectivity index (χ3n) is 5.25. The molecule has 1 saturated carbocycles. The van der Waals surface area contributed by atoms with Crippen LogP contribution in [0.15, 0.2) is 35.4 Å². The van der Waals surface area contributed by atoms with Gasteiger partial charge in [-0.25, -0.2) is 4.98 Å². The second-order valence-corrected chi connectivity index (χ2v) is 6.48. The van der Waals surface area contributed by atoms with E-state index < -0.39 is 0 Å². The Kier molecular flexibility index (Phi) is 2.95. The van der Waals surface area contributed by atoms with E-state index in [1.54, 1.807) is 6.33 Å². The molecule has 1 N–H and O–H groups in total. The predicted octanol–water partition coefficient (Wildman–Crippen LogP) is 3.59. The Labute approximate surface area is 124 Å². The van der Waals surface area contributed by atoms with E-state index in [0.29, 0.717) is 0 Å². The van der Waals surface area contributed by atoms with Crippen molar-refractivity contribution in [1.29, 1.82) is 0 Å². The lowest BCUT2D eigenvalue weighted by molar-refractivity contribution is 0.359. The van der Waals surface area contributed by atoms with Crippen LogP contribution < -0.4 is 5.56 Å². The van der Waals surface area contributed by atoms with Gasteiger partial charge in [0.15, 0.2) is 0 Å². The van der Waals surface area contributed by atoms with E-state index in [1.807, 2.05) is 6.07 Å². The van der Waals surface area contributed by atoms with Crippen LogP contribution in [0.1, 0.15) is 49.7 Å².